The summed E-state index contributed by atoms with van der Waals surface area (Å²) in [6.07, 6.45) is 2.02. The van der Waals surface area contributed by atoms with Crippen LogP contribution in [0.3, 0.4) is 0 Å². The molecule has 0 amide bonds. The van der Waals surface area contributed by atoms with Crippen LogP contribution in [0.1, 0.15) is 34.6 Å². The van der Waals surface area contributed by atoms with Crippen LogP contribution in [-0.4, -0.2) is 29.5 Å². The van der Waals surface area contributed by atoms with E-state index >= 15 is 0 Å². The summed E-state index contributed by atoms with van der Waals surface area (Å²) < 4.78 is 9.23. The molecule has 2 aromatic heterocycles. The molecule has 0 aliphatic heterocycles. The van der Waals surface area contributed by atoms with Crippen LogP contribution in [0.15, 0.2) is 12.3 Å². The molecule has 2 aromatic rings. The third-order valence-electron chi connectivity index (χ3n) is 4.71. The van der Waals surface area contributed by atoms with Crippen molar-refractivity contribution >= 4 is 53.5 Å². The highest BCUT2D eigenvalue weighted by molar-refractivity contribution is 14.1. The summed E-state index contributed by atoms with van der Waals surface area (Å²) in [5.74, 6) is 0. The van der Waals surface area contributed by atoms with E-state index in [0.29, 0.717) is 15.6 Å². The highest BCUT2D eigenvalue weighted by Gasteiger charge is 2.39. The van der Waals surface area contributed by atoms with Crippen LogP contribution in [-0.2, 0) is 9.96 Å². The molecule has 128 valence electrons. The van der Waals surface area contributed by atoms with Crippen molar-refractivity contribution in [3.63, 3.8) is 0 Å². The van der Waals surface area contributed by atoms with E-state index in [1.165, 1.54) is 0 Å². The second kappa shape index (κ2) is 6.27. The lowest BCUT2D eigenvalue weighted by molar-refractivity contribution is 0.172. The van der Waals surface area contributed by atoms with Crippen molar-refractivity contribution < 1.29 is 4.43 Å². The van der Waals surface area contributed by atoms with Crippen LogP contribution in [0, 0.1) is 3.83 Å². The van der Waals surface area contributed by atoms with Gasteiger partial charge in [-0.3, -0.25) is 0 Å². The highest BCUT2D eigenvalue weighted by Crippen LogP contribution is 2.38. The van der Waals surface area contributed by atoms with Gasteiger partial charge >= 0.3 is 0 Å². The average Bonchev–Trinajstić information content (AvgIpc) is 2.80. The predicted octanol–water partition coefficient (Wildman–Crippen LogP) is 5.45. The number of halogens is 2. The molecule has 0 bridgehead atoms. The second-order valence-corrected chi connectivity index (χ2v) is 14.2. The van der Waals surface area contributed by atoms with Gasteiger partial charge < -0.3 is 8.99 Å². The van der Waals surface area contributed by atoms with Gasteiger partial charge in [-0.1, -0.05) is 32.4 Å². The van der Waals surface area contributed by atoms with E-state index in [4.69, 9.17) is 16.0 Å². The van der Waals surface area contributed by atoms with Gasteiger partial charge in [0.2, 0.25) is 0 Å². The molecule has 4 nitrogen and oxygen atoms in total. The maximum Gasteiger partial charge on any atom is 0.194 e. The molecule has 0 aliphatic carbocycles. The second-order valence-electron chi connectivity index (χ2n) is 8.07. The minimum atomic E-state index is -1.79. The summed E-state index contributed by atoms with van der Waals surface area (Å²) in [5.41, 5.74) is 0.649. The zero-order valence-corrected chi connectivity index (χ0v) is 18.8. The molecule has 0 unspecified atom stereocenters. The lowest BCUT2D eigenvalue weighted by Gasteiger charge is -2.39. The van der Waals surface area contributed by atoms with Gasteiger partial charge in [-0.25, -0.2) is 9.97 Å². The first-order valence-corrected chi connectivity index (χ1v) is 12.1. The van der Waals surface area contributed by atoms with Crippen LogP contribution < -0.4 is 0 Å². The minimum Gasteiger partial charge on any atom is -0.414 e. The Hall–Kier alpha value is -0.183. The summed E-state index contributed by atoms with van der Waals surface area (Å²) >= 11 is 8.34. The SMILES string of the molecule is CC(C)(CO[Si](C)(C)C(C)(C)C)n1ccc2c(Cl)nc(I)nc21. The molecule has 0 fully saturated rings. The average molecular weight is 466 g/mol. The molecular weight excluding hydrogens is 441 g/mol. The van der Waals surface area contributed by atoms with Crippen LogP contribution in [0.5, 0.6) is 0 Å². The molecule has 2 heterocycles. The fraction of sp³-hybridized carbons (Fsp3) is 0.625. The smallest absolute Gasteiger partial charge is 0.194 e. The lowest BCUT2D eigenvalue weighted by atomic mass is 10.1. The molecule has 23 heavy (non-hydrogen) atoms. The number of hydrogen-bond acceptors (Lipinski definition) is 3. The molecule has 0 radical (unpaired) electrons. The van der Waals surface area contributed by atoms with E-state index in [0.717, 1.165) is 11.0 Å². The zero-order valence-electron chi connectivity index (χ0n) is 14.9. The highest BCUT2D eigenvalue weighted by atomic mass is 127. The number of fused-ring (bicyclic) bond motifs is 1. The van der Waals surface area contributed by atoms with Gasteiger partial charge in [0.1, 0.15) is 10.8 Å². The molecule has 0 aromatic carbocycles. The van der Waals surface area contributed by atoms with Gasteiger partial charge in [-0.15, -0.1) is 0 Å². The molecule has 0 saturated carbocycles. The first kappa shape index (κ1) is 19.1. The Morgan fingerprint density at radius 1 is 1.22 bits per heavy atom. The number of hydrogen-bond donors (Lipinski definition) is 0. The van der Waals surface area contributed by atoms with Gasteiger partial charge in [0, 0.05) is 28.8 Å². The Labute approximate surface area is 158 Å². The summed E-state index contributed by atoms with van der Waals surface area (Å²) in [5, 5.41) is 1.58. The lowest BCUT2D eigenvalue weighted by Crippen LogP contribution is -2.45. The van der Waals surface area contributed by atoms with Crippen LogP contribution in [0.2, 0.25) is 23.3 Å². The van der Waals surface area contributed by atoms with E-state index in [1.54, 1.807) is 0 Å². The van der Waals surface area contributed by atoms with Crippen molar-refractivity contribution in [2.24, 2.45) is 0 Å². The molecular formula is C16H25ClIN3OSi. The van der Waals surface area contributed by atoms with Crippen LogP contribution in [0.4, 0.5) is 0 Å². The van der Waals surface area contributed by atoms with Crippen LogP contribution >= 0.6 is 34.2 Å². The van der Waals surface area contributed by atoms with Crippen molar-refractivity contribution in [3.8, 4) is 0 Å². The molecule has 7 heteroatoms. The monoisotopic (exact) mass is 465 g/mol. The third-order valence-corrected chi connectivity index (χ3v) is 9.96. The summed E-state index contributed by atoms with van der Waals surface area (Å²) in [7, 11) is -1.79. The summed E-state index contributed by atoms with van der Waals surface area (Å²) in [6.45, 7) is 16.3. The summed E-state index contributed by atoms with van der Waals surface area (Å²) in [6, 6.07) is 1.97. The maximum atomic E-state index is 6.43. The Balaban J connectivity index is 2.34. The minimum absolute atomic E-state index is 0.197. The standard InChI is InChI=1S/C16H25ClIN3OSi/c1-15(2,3)23(6,7)22-10-16(4,5)21-9-8-11-12(17)19-14(18)20-13(11)21/h8-9H,10H2,1-7H3. The number of nitrogens with zero attached hydrogens (tertiary/aromatic N) is 3. The van der Waals surface area contributed by atoms with Crippen molar-refractivity contribution in [2.45, 2.75) is 58.3 Å². The fourth-order valence-electron chi connectivity index (χ4n) is 2.08. The Kier molecular flexibility index (Phi) is 5.22. The Morgan fingerprint density at radius 3 is 2.39 bits per heavy atom. The molecule has 0 spiro atoms. The zero-order chi connectivity index (χ0) is 17.6. The first-order valence-electron chi connectivity index (χ1n) is 7.70. The maximum absolute atomic E-state index is 6.43. The first-order chi connectivity index (χ1) is 10.3. The quantitative estimate of drug-likeness (QED) is 0.261. The van der Waals surface area contributed by atoms with E-state index in [9.17, 15) is 0 Å². The van der Waals surface area contributed by atoms with Crippen molar-refractivity contribution in [2.75, 3.05) is 6.61 Å². The molecule has 0 aliphatic rings. The number of rotatable bonds is 4. The molecule has 0 atom stereocenters. The third kappa shape index (κ3) is 3.91. The fourth-order valence-corrected chi connectivity index (χ4v) is 4.07. The van der Waals surface area contributed by atoms with Gasteiger partial charge in [0.15, 0.2) is 12.1 Å². The molecule has 2 rings (SSSR count). The Morgan fingerprint density at radius 2 is 1.83 bits per heavy atom. The van der Waals surface area contributed by atoms with Gasteiger partial charge in [0.25, 0.3) is 0 Å². The van der Waals surface area contributed by atoms with Crippen molar-refractivity contribution in [1.29, 1.82) is 0 Å². The van der Waals surface area contributed by atoms with E-state index in [1.807, 2.05) is 12.3 Å². The van der Waals surface area contributed by atoms with Gasteiger partial charge in [-0.2, -0.15) is 0 Å². The predicted molar refractivity (Wildman–Crippen MR) is 108 cm³/mol. The molecule has 0 saturated heterocycles. The van der Waals surface area contributed by atoms with Crippen molar-refractivity contribution in [1.82, 2.24) is 14.5 Å². The van der Waals surface area contributed by atoms with E-state index in [-0.39, 0.29) is 10.6 Å². The Bertz CT molecular complexity index is 722. The van der Waals surface area contributed by atoms with E-state index < -0.39 is 8.32 Å². The summed E-state index contributed by atoms with van der Waals surface area (Å²) in [4.78, 5) is 8.78. The number of aromatic nitrogens is 3. The molecule has 0 N–H and O–H groups in total. The normalized spacial score (nSPS) is 13.8. The van der Waals surface area contributed by atoms with Gasteiger partial charge in [0.05, 0.1) is 17.5 Å². The van der Waals surface area contributed by atoms with Crippen molar-refractivity contribution in [3.05, 3.63) is 21.2 Å². The van der Waals surface area contributed by atoms with E-state index in [2.05, 4.69) is 84.8 Å². The van der Waals surface area contributed by atoms with Gasteiger partial charge in [-0.05, 0) is 38.0 Å². The van der Waals surface area contributed by atoms with Crippen LogP contribution in [0.25, 0.3) is 11.0 Å². The largest absolute Gasteiger partial charge is 0.414 e. The topological polar surface area (TPSA) is 39.9 Å².